The van der Waals surface area contributed by atoms with Crippen LogP contribution in [-0.4, -0.2) is 24.0 Å². The number of hydrogen-bond donors (Lipinski definition) is 1. The van der Waals surface area contributed by atoms with Crippen molar-refractivity contribution in [1.29, 1.82) is 0 Å². The number of hydrogen-bond acceptors (Lipinski definition) is 3. The van der Waals surface area contributed by atoms with Crippen LogP contribution in [0.3, 0.4) is 0 Å². The Labute approximate surface area is 121 Å². The molecule has 1 aliphatic rings. The van der Waals surface area contributed by atoms with Gasteiger partial charge in [0.15, 0.2) is 0 Å². The Balaban J connectivity index is 1.86. The molecule has 0 saturated carbocycles. The van der Waals surface area contributed by atoms with Crippen molar-refractivity contribution in [2.45, 2.75) is 6.54 Å². The number of halogens is 1. The summed E-state index contributed by atoms with van der Waals surface area (Å²) in [5.41, 5.74) is 6.84. The molecule has 1 heterocycles. The van der Waals surface area contributed by atoms with Crippen molar-refractivity contribution >= 4 is 11.6 Å². The molecule has 2 N–H and O–H groups in total. The van der Waals surface area contributed by atoms with Gasteiger partial charge in [-0.3, -0.25) is 4.79 Å². The summed E-state index contributed by atoms with van der Waals surface area (Å²) in [6.07, 6.45) is 0. The van der Waals surface area contributed by atoms with Gasteiger partial charge in [0, 0.05) is 17.7 Å². The molecule has 0 fully saturated rings. The zero-order valence-corrected chi connectivity index (χ0v) is 11.4. The Morgan fingerprint density at radius 2 is 2.05 bits per heavy atom. The molecule has 108 valence electrons. The van der Waals surface area contributed by atoms with Gasteiger partial charge in [0.05, 0.1) is 12.2 Å². The molecule has 2 aromatic carbocycles. The number of benzene rings is 2. The van der Waals surface area contributed by atoms with Crippen molar-refractivity contribution in [3.05, 3.63) is 59.4 Å². The first-order valence-corrected chi connectivity index (χ1v) is 6.70. The lowest BCUT2D eigenvalue weighted by Gasteiger charge is -2.20. The fourth-order valence-corrected chi connectivity index (χ4v) is 2.36. The first-order chi connectivity index (χ1) is 10.1. The van der Waals surface area contributed by atoms with E-state index in [-0.39, 0.29) is 11.6 Å². The van der Waals surface area contributed by atoms with Gasteiger partial charge in [-0.25, -0.2) is 4.39 Å². The lowest BCUT2D eigenvalue weighted by Crippen LogP contribution is -2.32. The number of nitrogens with zero attached hydrogens (tertiary/aromatic N) is 1. The van der Waals surface area contributed by atoms with Crippen LogP contribution in [0.2, 0.25) is 0 Å². The SMILES string of the molecule is Nc1cc(C(=O)N2CCOc3ccccc3C2)ccc1F. The molecule has 0 radical (unpaired) electrons. The van der Waals surface area contributed by atoms with Crippen LogP contribution in [0.1, 0.15) is 15.9 Å². The second-order valence-corrected chi connectivity index (χ2v) is 4.92. The average Bonchev–Trinajstić information content (AvgIpc) is 2.71. The molecule has 0 spiro atoms. The first kappa shape index (κ1) is 13.4. The first-order valence-electron chi connectivity index (χ1n) is 6.70. The number of nitrogen functional groups attached to an aromatic ring is 1. The zero-order valence-electron chi connectivity index (χ0n) is 11.4. The second kappa shape index (κ2) is 5.44. The number of amides is 1. The lowest BCUT2D eigenvalue weighted by atomic mass is 10.1. The smallest absolute Gasteiger partial charge is 0.254 e. The number of para-hydroxylation sites is 1. The van der Waals surface area contributed by atoms with E-state index in [2.05, 4.69) is 0 Å². The fourth-order valence-electron chi connectivity index (χ4n) is 2.36. The lowest BCUT2D eigenvalue weighted by molar-refractivity contribution is 0.0733. The maximum Gasteiger partial charge on any atom is 0.254 e. The molecule has 21 heavy (non-hydrogen) atoms. The number of ether oxygens (including phenoxy) is 1. The molecule has 0 unspecified atom stereocenters. The second-order valence-electron chi connectivity index (χ2n) is 4.92. The zero-order chi connectivity index (χ0) is 14.8. The Kier molecular flexibility index (Phi) is 3.48. The molecule has 4 nitrogen and oxygen atoms in total. The van der Waals surface area contributed by atoms with Gasteiger partial charge in [-0.1, -0.05) is 18.2 Å². The topological polar surface area (TPSA) is 55.6 Å². The van der Waals surface area contributed by atoms with Gasteiger partial charge < -0.3 is 15.4 Å². The van der Waals surface area contributed by atoms with Crippen molar-refractivity contribution in [3.63, 3.8) is 0 Å². The molecule has 2 aromatic rings. The van der Waals surface area contributed by atoms with Gasteiger partial charge in [0.25, 0.3) is 5.91 Å². The molecule has 0 bridgehead atoms. The summed E-state index contributed by atoms with van der Waals surface area (Å²) in [5, 5.41) is 0. The number of anilines is 1. The molecule has 0 aromatic heterocycles. The standard InChI is InChI=1S/C16H15FN2O2/c17-13-6-5-11(9-14(13)18)16(20)19-7-8-21-15-4-2-1-3-12(15)10-19/h1-6,9H,7-8,10,18H2. The summed E-state index contributed by atoms with van der Waals surface area (Å²) >= 11 is 0. The third-order valence-corrected chi connectivity index (χ3v) is 3.48. The van der Waals surface area contributed by atoms with E-state index in [0.29, 0.717) is 25.3 Å². The van der Waals surface area contributed by atoms with Gasteiger partial charge in [0.1, 0.15) is 18.2 Å². The van der Waals surface area contributed by atoms with Crippen LogP contribution in [0.5, 0.6) is 5.75 Å². The molecular formula is C16H15FN2O2. The summed E-state index contributed by atoms with van der Waals surface area (Å²) < 4.78 is 18.8. The van der Waals surface area contributed by atoms with Gasteiger partial charge in [-0.2, -0.15) is 0 Å². The Morgan fingerprint density at radius 1 is 1.24 bits per heavy atom. The summed E-state index contributed by atoms with van der Waals surface area (Å²) in [7, 11) is 0. The minimum absolute atomic E-state index is 0.0210. The predicted octanol–water partition coefficient (Wildman–Crippen LogP) is 2.44. The highest BCUT2D eigenvalue weighted by Crippen LogP contribution is 2.24. The molecule has 1 aliphatic heterocycles. The Hall–Kier alpha value is -2.56. The highest BCUT2D eigenvalue weighted by atomic mass is 19.1. The maximum atomic E-state index is 13.2. The van der Waals surface area contributed by atoms with E-state index in [1.165, 1.54) is 18.2 Å². The van der Waals surface area contributed by atoms with Crippen molar-refractivity contribution in [1.82, 2.24) is 4.90 Å². The monoisotopic (exact) mass is 286 g/mol. The third kappa shape index (κ3) is 2.67. The molecule has 0 saturated heterocycles. The van der Waals surface area contributed by atoms with Crippen LogP contribution in [0, 0.1) is 5.82 Å². The molecule has 5 heteroatoms. The van der Waals surface area contributed by atoms with Crippen molar-refractivity contribution < 1.29 is 13.9 Å². The summed E-state index contributed by atoms with van der Waals surface area (Å²) in [6, 6.07) is 11.7. The summed E-state index contributed by atoms with van der Waals surface area (Å²) in [5.74, 6) is 0.101. The maximum absolute atomic E-state index is 13.2. The molecule has 3 rings (SSSR count). The highest BCUT2D eigenvalue weighted by Gasteiger charge is 2.21. The van der Waals surface area contributed by atoms with E-state index < -0.39 is 5.82 Å². The molecule has 0 aliphatic carbocycles. The minimum Gasteiger partial charge on any atom is -0.491 e. The van der Waals surface area contributed by atoms with Gasteiger partial charge in [-0.05, 0) is 24.3 Å². The third-order valence-electron chi connectivity index (χ3n) is 3.48. The van der Waals surface area contributed by atoms with Crippen LogP contribution in [-0.2, 0) is 6.54 Å². The highest BCUT2D eigenvalue weighted by molar-refractivity contribution is 5.95. The van der Waals surface area contributed by atoms with Crippen LogP contribution in [0.25, 0.3) is 0 Å². The average molecular weight is 286 g/mol. The van der Waals surface area contributed by atoms with Crippen LogP contribution in [0.15, 0.2) is 42.5 Å². The van der Waals surface area contributed by atoms with E-state index in [1.807, 2.05) is 24.3 Å². The van der Waals surface area contributed by atoms with Crippen molar-refractivity contribution in [2.75, 3.05) is 18.9 Å². The minimum atomic E-state index is -0.518. The van der Waals surface area contributed by atoms with Crippen molar-refractivity contribution in [2.24, 2.45) is 0 Å². The van der Waals surface area contributed by atoms with Gasteiger partial charge in [0.2, 0.25) is 0 Å². The van der Waals surface area contributed by atoms with E-state index in [0.717, 1.165) is 11.3 Å². The van der Waals surface area contributed by atoms with Crippen molar-refractivity contribution in [3.8, 4) is 5.75 Å². The van der Waals surface area contributed by atoms with E-state index in [4.69, 9.17) is 10.5 Å². The molecule has 0 atom stereocenters. The quantitative estimate of drug-likeness (QED) is 0.819. The predicted molar refractivity (Wildman–Crippen MR) is 77.5 cm³/mol. The van der Waals surface area contributed by atoms with Crippen LogP contribution >= 0.6 is 0 Å². The number of carbonyl (C=O) groups is 1. The normalized spacial score (nSPS) is 14.0. The van der Waals surface area contributed by atoms with Gasteiger partial charge >= 0.3 is 0 Å². The van der Waals surface area contributed by atoms with Gasteiger partial charge in [-0.15, -0.1) is 0 Å². The molecule has 1 amide bonds. The number of nitrogens with two attached hydrogens (primary N) is 1. The Bertz CT molecular complexity index is 688. The van der Waals surface area contributed by atoms with E-state index >= 15 is 0 Å². The largest absolute Gasteiger partial charge is 0.491 e. The van der Waals surface area contributed by atoms with E-state index in [1.54, 1.807) is 4.90 Å². The fraction of sp³-hybridized carbons (Fsp3) is 0.188. The van der Waals surface area contributed by atoms with Crippen LogP contribution in [0.4, 0.5) is 10.1 Å². The summed E-state index contributed by atoms with van der Waals surface area (Å²) in [6.45, 7) is 1.37. The Morgan fingerprint density at radius 3 is 2.86 bits per heavy atom. The summed E-state index contributed by atoms with van der Waals surface area (Å²) in [4.78, 5) is 14.2. The van der Waals surface area contributed by atoms with E-state index in [9.17, 15) is 9.18 Å². The number of fused-ring (bicyclic) bond motifs is 1. The number of rotatable bonds is 1. The van der Waals surface area contributed by atoms with Crippen LogP contribution < -0.4 is 10.5 Å². The number of carbonyl (C=O) groups excluding carboxylic acids is 1. The molecular weight excluding hydrogens is 271 g/mol.